The van der Waals surface area contributed by atoms with Gasteiger partial charge in [0.1, 0.15) is 5.82 Å². The molecule has 1 aliphatic heterocycles. The summed E-state index contributed by atoms with van der Waals surface area (Å²) in [6.07, 6.45) is 1.88. The molecule has 0 unspecified atom stereocenters. The van der Waals surface area contributed by atoms with Crippen LogP contribution in [0.1, 0.15) is 25.1 Å². The van der Waals surface area contributed by atoms with Crippen LogP contribution in [0.2, 0.25) is 0 Å². The van der Waals surface area contributed by atoms with E-state index in [2.05, 4.69) is 47.9 Å². The highest BCUT2D eigenvalue weighted by Crippen LogP contribution is 2.30. The number of likely N-dealkylation sites (N-methyl/N-ethyl adjacent to an activating group) is 1. The molecule has 4 nitrogen and oxygen atoms in total. The molecule has 0 aliphatic carbocycles. The van der Waals surface area contributed by atoms with Crippen molar-refractivity contribution in [1.82, 2.24) is 9.97 Å². The van der Waals surface area contributed by atoms with Gasteiger partial charge >= 0.3 is 0 Å². The summed E-state index contributed by atoms with van der Waals surface area (Å²) in [6.45, 7) is 5.32. The van der Waals surface area contributed by atoms with Crippen molar-refractivity contribution in [3.63, 3.8) is 0 Å². The monoisotopic (exact) mass is 283 g/mol. The lowest BCUT2D eigenvalue weighted by atomic mass is 10.1. The Labute approximate surface area is 124 Å². The van der Waals surface area contributed by atoms with Crippen LogP contribution in [0, 0.1) is 5.92 Å². The van der Waals surface area contributed by atoms with E-state index >= 15 is 0 Å². The van der Waals surface area contributed by atoms with Crippen LogP contribution in [0.25, 0.3) is 11.4 Å². The molecule has 4 heteroatoms. The van der Waals surface area contributed by atoms with E-state index in [0.717, 1.165) is 30.6 Å². The Morgan fingerprint density at radius 1 is 1.33 bits per heavy atom. The summed E-state index contributed by atoms with van der Waals surface area (Å²) >= 11 is 0. The number of aromatic amines is 1. The van der Waals surface area contributed by atoms with Crippen molar-refractivity contribution in [3.8, 4) is 11.4 Å². The highest BCUT2D eigenvalue weighted by molar-refractivity contribution is 5.66. The molecule has 0 saturated carbocycles. The molecule has 0 radical (unpaired) electrons. The summed E-state index contributed by atoms with van der Waals surface area (Å²) in [5, 5.41) is 0. The number of H-pyrrole nitrogens is 1. The molecule has 21 heavy (non-hydrogen) atoms. The molecule has 110 valence electrons. The van der Waals surface area contributed by atoms with Crippen molar-refractivity contribution in [1.29, 1.82) is 0 Å². The van der Waals surface area contributed by atoms with Gasteiger partial charge in [-0.2, -0.15) is 0 Å². The van der Waals surface area contributed by atoms with Crippen molar-refractivity contribution in [3.05, 3.63) is 45.9 Å². The van der Waals surface area contributed by atoms with Gasteiger partial charge in [-0.25, -0.2) is 4.98 Å². The predicted molar refractivity (Wildman–Crippen MR) is 85.8 cm³/mol. The maximum Gasteiger partial charge on any atom is 0.251 e. The molecular formula is C17H21N3O. The molecule has 0 bridgehead atoms. The lowest BCUT2D eigenvalue weighted by molar-refractivity contribution is 0.634. The fourth-order valence-corrected chi connectivity index (χ4v) is 2.88. The van der Waals surface area contributed by atoms with E-state index in [1.54, 1.807) is 6.07 Å². The molecule has 1 aromatic heterocycles. The third-order valence-electron chi connectivity index (χ3n) is 3.89. The normalized spacial score (nSPS) is 13.8. The minimum atomic E-state index is -0.0757. The molecule has 0 fully saturated rings. The summed E-state index contributed by atoms with van der Waals surface area (Å²) in [5.41, 5.74) is 4.38. The number of hydrogen-bond acceptors (Lipinski definition) is 3. The van der Waals surface area contributed by atoms with Gasteiger partial charge in [0.2, 0.25) is 0 Å². The number of fused-ring (bicyclic) bond motifs is 1. The van der Waals surface area contributed by atoms with Crippen molar-refractivity contribution < 1.29 is 0 Å². The highest BCUT2D eigenvalue weighted by Gasteiger charge is 2.16. The van der Waals surface area contributed by atoms with Crippen LogP contribution in [0.5, 0.6) is 0 Å². The largest absolute Gasteiger partial charge is 0.374 e. The minimum absolute atomic E-state index is 0.0757. The number of hydrogen-bond donors (Lipinski definition) is 1. The van der Waals surface area contributed by atoms with E-state index in [4.69, 9.17) is 0 Å². The molecule has 0 saturated heterocycles. The zero-order chi connectivity index (χ0) is 15.0. The van der Waals surface area contributed by atoms with Crippen molar-refractivity contribution in [2.45, 2.75) is 26.7 Å². The van der Waals surface area contributed by atoms with Crippen LogP contribution in [0.3, 0.4) is 0 Å². The Hall–Kier alpha value is -2.10. The molecule has 0 amide bonds. The van der Waals surface area contributed by atoms with Crippen molar-refractivity contribution >= 4 is 5.69 Å². The second-order valence-electron chi connectivity index (χ2n) is 6.20. The Morgan fingerprint density at radius 2 is 2.14 bits per heavy atom. The topological polar surface area (TPSA) is 49.0 Å². The van der Waals surface area contributed by atoms with Gasteiger partial charge in [0.15, 0.2) is 0 Å². The average molecular weight is 283 g/mol. The van der Waals surface area contributed by atoms with Crippen LogP contribution in [0.4, 0.5) is 5.69 Å². The van der Waals surface area contributed by atoms with Crippen LogP contribution >= 0.6 is 0 Å². The third-order valence-corrected chi connectivity index (χ3v) is 3.89. The third kappa shape index (κ3) is 2.84. The van der Waals surface area contributed by atoms with E-state index in [1.165, 1.54) is 11.3 Å². The fraction of sp³-hybridized carbons (Fsp3) is 0.412. The van der Waals surface area contributed by atoms with E-state index in [0.29, 0.717) is 11.7 Å². The van der Waals surface area contributed by atoms with Gasteiger partial charge < -0.3 is 9.88 Å². The molecule has 1 aromatic carbocycles. The SMILES string of the molecule is CC(C)Cc1cc(=O)[nH]c(-c2ccc3c(c2)CCN3C)n1. The number of rotatable bonds is 3. The predicted octanol–water partition coefficient (Wildman–Crippen LogP) is 2.63. The highest BCUT2D eigenvalue weighted by atomic mass is 16.1. The lowest BCUT2D eigenvalue weighted by Gasteiger charge is -2.12. The standard InChI is InChI=1S/C17H21N3O/c1-11(2)8-14-10-16(21)19-17(18-14)13-4-5-15-12(9-13)6-7-20(15)3/h4-5,9-11H,6-8H2,1-3H3,(H,18,19,21). The first-order chi connectivity index (χ1) is 10.0. The molecule has 2 heterocycles. The Bertz CT molecular complexity index is 718. The van der Waals surface area contributed by atoms with Crippen LogP contribution in [-0.4, -0.2) is 23.6 Å². The number of aromatic nitrogens is 2. The molecule has 1 N–H and O–H groups in total. The summed E-state index contributed by atoms with van der Waals surface area (Å²) in [7, 11) is 2.11. The molecule has 1 aliphatic rings. The van der Waals surface area contributed by atoms with Gasteiger partial charge in [-0.3, -0.25) is 4.79 Å². The van der Waals surface area contributed by atoms with Crippen molar-refractivity contribution in [2.75, 3.05) is 18.5 Å². The Morgan fingerprint density at radius 3 is 2.90 bits per heavy atom. The van der Waals surface area contributed by atoms with Gasteiger partial charge in [-0.05, 0) is 42.5 Å². The van der Waals surface area contributed by atoms with Crippen molar-refractivity contribution in [2.24, 2.45) is 5.92 Å². The summed E-state index contributed by atoms with van der Waals surface area (Å²) in [4.78, 5) is 21.6. The van der Waals surface area contributed by atoms with Crippen LogP contribution < -0.4 is 10.5 Å². The van der Waals surface area contributed by atoms with Crippen LogP contribution in [-0.2, 0) is 12.8 Å². The van der Waals surface area contributed by atoms with Gasteiger partial charge in [0, 0.05) is 36.6 Å². The summed E-state index contributed by atoms with van der Waals surface area (Å²) < 4.78 is 0. The second kappa shape index (κ2) is 5.35. The first-order valence-corrected chi connectivity index (χ1v) is 7.47. The molecule has 3 rings (SSSR count). The first-order valence-electron chi connectivity index (χ1n) is 7.47. The van der Waals surface area contributed by atoms with Gasteiger partial charge in [-0.15, -0.1) is 0 Å². The smallest absolute Gasteiger partial charge is 0.251 e. The fourth-order valence-electron chi connectivity index (χ4n) is 2.88. The quantitative estimate of drug-likeness (QED) is 0.942. The van der Waals surface area contributed by atoms with Gasteiger partial charge in [-0.1, -0.05) is 13.8 Å². The Balaban J connectivity index is 2.01. The summed E-state index contributed by atoms with van der Waals surface area (Å²) in [5.74, 6) is 1.16. The first kappa shape index (κ1) is 13.9. The minimum Gasteiger partial charge on any atom is -0.374 e. The number of benzene rings is 1. The molecule has 0 spiro atoms. The molecular weight excluding hydrogens is 262 g/mol. The zero-order valence-corrected chi connectivity index (χ0v) is 12.8. The average Bonchev–Trinajstić information content (AvgIpc) is 2.78. The van der Waals surface area contributed by atoms with E-state index < -0.39 is 0 Å². The van der Waals surface area contributed by atoms with Gasteiger partial charge in [0.25, 0.3) is 5.56 Å². The maximum atomic E-state index is 11.8. The van der Waals surface area contributed by atoms with Gasteiger partial charge in [0.05, 0.1) is 0 Å². The molecule has 0 atom stereocenters. The molecule has 2 aromatic rings. The zero-order valence-electron chi connectivity index (χ0n) is 12.8. The summed E-state index contributed by atoms with van der Waals surface area (Å²) in [6, 6.07) is 7.91. The van der Waals surface area contributed by atoms with E-state index in [1.807, 2.05) is 6.07 Å². The number of nitrogens with zero attached hydrogens (tertiary/aromatic N) is 2. The number of anilines is 1. The Kier molecular flexibility index (Phi) is 3.53. The lowest BCUT2D eigenvalue weighted by Crippen LogP contribution is -2.12. The second-order valence-corrected chi connectivity index (χ2v) is 6.20. The van der Waals surface area contributed by atoms with E-state index in [9.17, 15) is 4.79 Å². The maximum absolute atomic E-state index is 11.8. The van der Waals surface area contributed by atoms with Crippen LogP contribution in [0.15, 0.2) is 29.1 Å². The van der Waals surface area contributed by atoms with E-state index in [-0.39, 0.29) is 5.56 Å². The number of nitrogens with one attached hydrogen (secondary N) is 1.